The predicted octanol–water partition coefficient (Wildman–Crippen LogP) is 2.00. The van der Waals surface area contributed by atoms with Crippen LogP contribution < -0.4 is 5.32 Å². The van der Waals surface area contributed by atoms with E-state index in [0.717, 1.165) is 4.90 Å². The van der Waals surface area contributed by atoms with Crippen LogP contribution in [-0.2, 0) is 19.1 Å². The molecule has 0 saturated carbocycles. The Balaban J connectivity index is 3.02. The second kappa shape index (κ2) is 6.07. The number of alkyl carbamates (subject to hydrolysis) is 1. The van der Waals surface area contributed by atoms with Gasteiger partial charge in [0, 0.05) is 0 Å². The summed E-state index contributed by atoms with van der Waals surface area (Å²) >= 11 is 0. The summed E-state index contributed by atoms with van der Waals surface area (Å²) in [5.74, 6) is -1.45. The van der Waals surface area contributed by atoms with Crippen molar-refractivity contribution in [2.45, 2.75) is 78.2 Å². The highest BCUT2D eigenvalue weighted by Crippen LogP contribution is 2.27. The van der Waals surface area contributed by atoms with E-state index in [0.29, 0.717) is 0 Å². The molecule has 0 aliphatic carbocycles. The van der Waals surface area contributed by atoms with E-state index in [9.17, 15) is 19.2 Å². The van der Waals surface area contributed by atoms with Crippen LogP contribution in [0.3, 0.4) is 0 Å². The number of hydrogen-bond donors (Lipinski definition) is 1. The molecule has 1 saturated heterocycles. The van der Waals surface area contributed by atoms with Crippen LogP contribution in [-0.4, -0.2) is 51.6 Å². The molecule has 1 fully saturated rings. The molecular weight excluding hydrogens is 316 g/mol. The second-order valence-corrected chi connectivity index (χ2v) is 7.95. The predicted molar refractivity (Wildman–Crippen MR) is 85.3 cm³/mol. The van der Waals surface area contributed by atoms with E-state index < -0.39 is 46.7 Å². The lowest BCUT2D eigenvalue weighted by molar-refractivity contribution is -0.134. The summed E-state index contributed by atoms with van der Waals surface area (Å²) in [7, 11) is 0. The molecule has 8 heteroatoms. The largest absolute Gasteiger partial charge is 0.444 e. The van der Waals surface area contributed by atoms with E-state index >= 15 is 0 Å². The normalized spacial score (nSPS) is 24.8. The average Bonchev–Trinajstić information content (AvgIpc) is 2.46. The van der Waals surface area contributed by atoms with Gasteiger partial charge in [0.25, 0.3) is 5.91 Å². The minimum atomic E-state index is -1.88. The fourth-order valence-corrected chi connectivity index (χ4v) is 2.23. The molecule has 1 aliphatic rings. The summed E-state index contributed by atoms with van der Waals surface area (Å²) < 4.78 is 10.2. The fourth-order valence-electron chi connectivity index (χ4n) is 2.23. The van der Waals surface area contributed by atoms with Crippen molar-refractivity contribution >= 4 is 23.9 Å². The number of likely N-dealkylation sites (tertiary alicyclic amines) is 1. The Morgan fingerprint density at radius 2 is 1.50 bits per heavy atom. The maximum atomic E-state index is 12.6. The molecule has 0 aromatic carbocycles. The molecule has 1 N–H and O–H groups in total. The first-order valence-corrected chi connectivity index (χ1v) is 7.70. The Morgan fingerprint density at radius 1 is 1.04 bits per heavy atom. The zero-order chi connectivity index (χ0) is 19.1. The van der Waals surface area contributed by atoms with Crippen LogP contribution >= 0.6 is 0 Å². The van der Waals surface area contributed by atoms with Crippen molar-refractivity contribution in [3.8, 4) is 0 Å². The van der Waals surface area contributed by atoms with Crippen molar-refractivity contribution in [3.63, 3.8) is 0 Å². The third-order valence-corrected chi connectivity index (χ3v) is 3.25. The number of nitrogens with zero attached hydrogens (tertiary/aromatic N) is 1. The molecule has 0 radical (unpaired) electrons. The van der Waals surface area contributed by atoms with Gasteiger partial charge in [0.2, 0.25) is 0 Å². The number of imide groups is 1. The minimum Gasteiger partial charge on any atom is -0.444 e. The van der Waals surface area contributed by atoms with Crippen LogP contribution in [0, 0.1) is 0 Å². The quantitative estimate of drug-likeness (QED) is 0.731. The van der Waals surface area contributed by atoms with Gasteiger partial charge in [-0.25, -0.2) is 14.5 Å². The summed E-state index contributed by atoms with van der Waals surface area (Å²) in [6.45, 7) is 12.6. The third-order valence-electron chi connectivity index (χ3n) is 3.25. The highest BCUT2D eigenvalue weighted by atomic mass is 16.6. The highest BCUT2D eigenvalue weighted by molar-refractivity contribution is 6.23. The summed E-state index contributed by atoms with van der Waals surface area (Å²) in [5, 5.41) is 2.28. The first kappa shape index (κ1) is 19.9. The number of rotatable bonds is 1. The Kier molecular flexibility index (Phi) is 5.04. The number of carbonyl (C=O) groups is 4. The van der Waals surface area contributed by atoms with Crippen LogP contribution in [0.1, 0.15) is 55.4 Å². The summed E-state index contributed by atoms with van der Waals surface area (Å²) in [6.07, 6.45) is -1.84. The lowest BCUT2D eigenvalue weighted by Crippen LogP contribution is -2.57. The van der Waals surface area contributed by atoms with Crippen LogP contribution in [0.5, 0.6) is 0 Å². The Morgan fingerprint density at radius 3 is 1.92 bits per heavy atom. The van der Waals surface area contributed by atoms with Gasteiger partial charge in [0.05, 0.1) is 0 Å². The van der Waals surface area contributed by atoms with E-state index in [4.69, 9.17) is 9.47 Å². The zero-order valence-corrected chi connectivity index (χ0v) is 15.5. The molecule has 1 rings (SSSR count). The fraction of sp³-hybridized carbons (Fsp3) is 0.750. The van der Waals surface area contributed by atoms with Crippen LogP contribution in [0.25, 0.3) is 0 Å². The van der Waals surface area contributed by atoms with Crippen molar-refractivity contribution < 1.29 is 28.7 Å². The number of Topliss-reactive ketones (excluding diaryl/α,β-unsaturated/α-hetero) is 1. The zero-order valence-electron chi connectivity index (χ0n) is 15.5. The molecule has 0 bridgehead atoms. The van der Waals surface area contributed by atoms with Gasteiger partial charge in [-0.15, -0.1) is 0 Å². The van der Waals surface area contributed by atoms with Crippen molar-refractivity contribution in [2.24, 2.45) is 0 Å². The van der Waals surface area contributed by atoms with Crippen molar-refractivity contribution in [1.29, 1.82) is 0 Å². The molecule has 3 amide bonds. The van der Waals surface area contributed by atoms with Gasteiger partial charge in [-0.3, -0.25) is 9.59 Å². The van der Waals surface area contributed by atoms with Gasteiger partial charge >= 0.3 is 12.2 Å². The maximum Gasteiger partial charge on any atom is 0.417 e. The Hall–Kier alpha value is -2.12. The molecule has 0 aromatic rings. The van der Waals surface area contributed by atoms with Gasteiger partial charge < -0.3 is 14.8 Å². The number of ether oxygens (including phenoxy) is 2. The molecule has 136 valence electrons. The molecule has 2 atom stereocenters. The van der Waals surface area contributed by atoms with Gasteiger partial charge in [0.15, 0.2) is 11.3 Å². The lowest BCUT2D eigenvalue weighted by atomic mass is 9.97. The van der Waals surface area contributed by atoms with E-state index in [1.807, 2.05) is 0 Å². The molecule has 24 heavy (non-hydrogen) atoms. The van der Waals surface area contributed by atoms with Gasteiger partial charge in [-0.1, -0.05) is 0 Å². The third kappa shape index (κ3) is 4.24. The monoisotopic (exact) mass is 342 g/mol. The standard InChI is InChI=1S/C16H26N2O6/c1-9-10(19)16(8,17-12(21)23-14(2,3)4)11(20)18(9)13(22)24-15(5,6)7/h9H,1-8H3,(H,17,21)/t9-,16-/m0/s1. The highest BCUT2D eigenvalue weighted by Gasteiger charge is 2.58. The number of carbonyl (C=O) groups excluding carboxylic acids is 4. The molecule has 1 aliphatic heterocycles. The molecule has 0 aromatic heterocycles. The molecule has 8 nitrogen and oxygen atoms in total. The van der Waals surface area contributed by atoms with Crippen LogP contribution in [0.2, 0.25) is 0 Å². The Labute approximate surface area is 141 Å². The van der Waals surface area contributed by atoms with Crippen molar-refractivity contribution in [2.75, 3.05) is 0 Å². The topological polar surface area (TPSA) is 102 Å². The number of hydrogen-bond acceptors (Lipinski definition) is 6. The summed E-state index contributed by atoms with van der Waals surface area (Å²) in [4.78, 5) is 50.0. The molecular formula is C16H26N2O6. The first-order chi connectivity index (χ1) is 10.6. The molecule has 0 spiro atoms. The van der Waals surface area contributed by atoms with E-state index in [1.54, 1.807) is 41.5 Å². The van der Waals surface area contributed by atoms with Crippen LogP contribution in [0.4, 0.5) is 9.59 Å². The van der Waals surface area contributed by atoms with E-state index in [1.165, 1.54) is 13.8 Å². The minimum absolute atomic E-state index is 0.607. The van der Waals surface area contributed by atoms with Crippen molar-refractivity contribution in [1.82, 2.24) is 10.2 Å². The van der Waals surface area contributed by atoms with Crippen LogP contribution in [0.15, 0.2) is 0 Å². The number of amides is 3. The van der Waals surface area contributed by atoms with Gasteiger partial charge in [-0.2, -0.15) is 0 Å². The molecule has 0 unspecified atom stereocenters. The smallest absolute Gasteiger partial charge is 0.417 e. The molecule has 1 heterocycles. The first-order valence-electron chi connectivity index (χ1n) is 7.70. The lowest BCUT2D eigenvalue weighted by Gasteiger charge is -2.27. The van der Waals surface area contributed by atoms with E-state index in [2.05, 4.69) is 5.32 Å². The Bertz CT molecular complexity index is 572. The van der Waals surface area contributed by atoms with Gasteiger partial charge in [-0.05, 0) is 55.4 Å². The SMILES string of the molecule is C[C@H]1C(=O)[C@](C)(NC(=O)OC(C)(C)C)C(=O)N1C(=O)OC(C)(C)C. The number of nitrogens with one attached hydrogen (secondary N) is 1. The van der Waals surface area contributed by atoms with Gasteiger partial charge in [0.1, 0.15) is 17.2 Å². The van der Waals surface area contributed by atoms with Crippen molar-refractivity contribution in [3.05, 3.63) is 0 Å². The average molecular weight is 342 g/mol. The summed E-state index contributed by atoms with van der Waals surface area (Å²) in [6, 6.07) is -1.05. The number of ketones is 1. The second-order valence-electron chi connectivity index (χ2n) is 7.95. The summed E-state index contributed by atoms with van der Waals surface area (Å²) in [5.41, 5.74) is -3.49. The van der Waals surface area contributed by atoms with E-state index in [-0.39, 0.29) is 0 Å². The maximum absolute atomic E-state index is 12.6.